The fourth-order valence-corrected chi connectivity index (χ4v) is 1.37. The highest BCUT2D eigenvalue weighted by Crippen LogP contribution is 2.53. The smallest absolute Gasteiger partial charge is 0.286 e. The number of hydrazone groups is 1. The molecule has 17 heavy (non-hydrogen) atoms. The molecular weight excluding hydrogens is 271 g/mol. The topological polar surface area (TPSA) is 24.4 Å². The molecule has 0 amide bonds. The van der Waals surface area contributed by atoms with Crippen molar-refractivity contribution in [2.24, 2.45) is 11.0 Å². The van der Waals surface area contributed by atoms with Crippen LogP contribution in [0.4, 0.5) is 39.5 Å². The first-order valence-corrected chi connectivity index (χ1v) is 3.84. The first-order valence-electron chi connectivity index (χ1n) is 3.84. The van der Waals surface area contributed by atoms with E-state index in [0.29, 0.717) is 5.43 Å². The highest BCUT2D eigenvalue weighted by atomic mass is 19.4. The summed E-state index contributed by atoms with van der Waals surface area (Å²) in [5.41, 5.74) is -4.62. The van der Waals surface area contributed by atoms with E-state index in [1.807, 2.05) is 0 Å². The first kappa shape index (κ1) is 13.9. The van der Waals surface area contributed by atoms with E-state index >= 15 is 0 Å². The van der Waals surface area contributed by atoms with Crippen LogP contribution in [0.1, 0.15) is 0 Å². The molecule has 2 nitrogen and oxygen atoms in total. The molecule has 1 unspecified atom stereocenters. The summed E-state index contributed by atoms with van der Waals surface area (Å²) in [4.78, 5) is 0. The molecule has 0 spiro atoms. The van der Waals surface area contributed by atoms with Gasteiger partial charge in [0.25, 0.3) is 5.54 Å². The van der Waals surface area contributed by atoms with Crippen molar-refractivity contribution < 1.29 is 39.5 Å². The zero-order valence-electron chi connectivity index (χ0n) is 7.50. The third kappa shape index (κ3) is 1.90. The summed E-state index contributed by atoms with van der Waals surface area (Å²) in [5, 5.41) is 2.28. The number of hydrogen-bond donors (Lipinski definition) is 1. The number of halogens is 9. The maximum atomic E-state index is 12.3. The van der Waals surface area contributed by atoms with Crippen molar-refractivity contribution in [1.82, 2.24) is 5.43 Å². The highest BCUT2D eigenvalue weighted by Gasteiger charge is 2.80. The standard InChI is InChI=1S/C6H3F9N2/c7-4(8,9)2-1-16-17-3(2,5(10,11)12)6(13,14)15/h1-2,17H. The van der Waals surface area contributed by atoms with Crippen molar-refractivity contribution >= 4 is 6.21 Å². The second-order valence-corrected chi connectivity index (χ2v) is 3.21. The van der Waals surface area contributed by atoms with Gasteiger partial charge in [-0.3, -0.25) is 5.43 Å². The number of nitrogens with one attached hydrogen (secondary N) is 1. The molecule has 0 fully saturated rings. The Morgan fingerprint density at radius 3 is 1.53 bits per heavy atom. The van der Waals surface area contributed by atoms with Crippen molar-refractivity contribution in [1.29, 1.82) is 0 Å². The minimum atomic E-state index is -6.19. The predicted molar refractivity (Wildman–Crippen MR) is 36.0 cm³/mol. The van der Waals surface area contributed by atoms with E-state index in [0.717, 1.165) is 0 Å². The predicted octanol–water partition coefficient (Wildman–Crippen LogP) is 2.62. The van der Waals surface area contributed by atoms with Gasteiger partial charge in [0.1, 0.15) is 5.92 Å². The molecule has 0 bridgehead atoms. The zero-order valence-corrected chi connectivity index (χ0v) is 7.50. The molecular formula is C6H3F9N2. The van der Waals surface area contributed by atoms with Gasteiger partial charge in [0.05, 0.1) is 0 Å². The van der Waals surface area contributed by atoms with E-state index in [4.69, 9.17) is 0 Å². The minimum Gasteiger partial charge on any atom is -0.286 e. The Morgan fingerprint density at radius 2 is 1.29 bits per heavy atom. The van der Waals surface area contributed by atoms with Gasteiger partial charge in [-0.05, 0) is 0 Å². The van der Waals surface area contributed by atoms with Crippen LogP contribution in [0.5, 0.6) is 0 Å². The van der Waals surface area contributed by atoms with Gasteiger partial charge in [0, 0.05) is 6.21 Å². The molecule has 0 saturated carbocycles. The lowest BCUT2D eigenvalue weighted by molar-refractivity contribution is -0.339. The molecule has 11 heteroatoms. The molecule has 100 valence electrons. The first-order chi connectivity index (χ1) is 7.34. The Kier molecular flexibility index (Phi) is 2.79. The summed E-state index contributed by atoms with van der Waals surface area (Å²) in [5.74, 6) is -3.81. The molecule has 0 aromatic heterocycles. The maximum Gasteiger partial charge on any atom is 0.422 e. The Balaban J connectivity index is 3.37. The van der Waals surface area contributed by atoms with Crippen molar-refractivity contribution in [3.05, 3.63) is 0 Å². The minimum absolute atomic E-state index is 0.443. The van der Waals surface area contributed by atoms with Crippen LogP contribution in [0, 0.1) is 5.92 Å². The molecule has 0 radical (unpaired) electrons. The zero-order chi connectivity index (χ0) is 13.7. The van der Waals surface area contributed by atoms with Crippen molar-refractivity contribution in [2.45, 2.75) is 24.1 Å². The monoisotopic (exact) mass is 274 g/mol. The Labute approximate surface area is 87.5 Å². The van der Waals surface area contributed by atoms with Crippen LogP contribution in [-0.4, -0.2) is 30.3 Å². The molecule has 1 atom stereocenters. The van der Waals surface area contributed by atoms with Gasteiger partial charge in [-0.1, -0.05) is 0 Å². The summed E-state index contributed by atoms with van der Waals surface area (Å²) in [6.07, 6.45) is -18.6. The van der Waals surface area contributed by atoms with E-state index in [9.17, 15) is 39.5 Å². The number of rotatable bonds is 0. The van der Waals surface area contributed by atoms with Gasteiger partial charge in [-0.15, -0.1) is 0 Å². The van der Waals surface area contributed by atoms with Crippen LogP contribution in [-0.2, 0) is 0 Å². The molecule has 0 aliphatic carbocycles. The fraction of sp³-hybridized carbons (Fsp3) is 0.833. The van der Waals surface area contributed by atoms with Gasteiger partial charge in [0.2, 0.25) is 0 Å². The lowest BCUT2D eigenvalue weighted by atomic mass is 9.84. The quantitative estimate of drug-likeness (QED) is 0.675. The molecule has 1 aliphatic rings. The lowest BCUT2D eigenvalue weighted by Gasteiger charge is -2.37. The normalized spacial score (nSPS) is 24.9. The van der Waals surface area contributed by atoms with Gasteiger partial charge in [0.15, 0.2) is 0 Å². The average molecular weight is 274 g/mol. The largest absolute Gasteiger partial charge is 0.422 e. The van der Waals surface area contributed by atoms with E-state index in [-0.39, 0.29) is 0 Å². The second-order valence-electron chi connectivity index (χ2n) is 3.21. The Hall–Kier alpha value is -1.16. The van der Waals surface area contributed by atoms with Crippen molar-refractivity contribution in [2.75, 3.05) is 0 Å². The summed E-state index contributed by atoms with van der Waals surface area (Å²) in [6.45, 7) is 0. The van der Waals surface area contributed by atoms with E-state index in [1.165, 1.54) is 0 Å². The second kappa shape index (κ2) is 3.42. The van der Waals surface area contributed by atoms with E-state index in [1.54, 1.807) is 0 Å². The summed E-state index contributed by atoms with van der Waals surface area (Å²) in [7, 11) is 0. The molecule has 1 heterocycles. The van der Waals surface area contributed by atoms with E-state index in [2.05, 4.69) is 5.10 Å². The molecule has 1 N–H and O–H groups in total. The molecule has 1 aliphatic heterocycles. The van der Waals surface area contributed by atoms with Crippen LogP contribution in [0.25, 0.3) is 0 Å². The molecule has 0 aromatic carbocycles. The summed E-state index contributed by atoms with van der Waals surface area (Å²) in [6, 6.07) is 0. The Morgan fingerprint density at radius 1 is 0.882 bits per heavy atom. The number of nitrogens with zero attached hydrogens (tertiary/aromatic N) is 1. The highest BCUT2D eigenvalue weighted by molar-refractivity contribution is 5.67. The molecule has 1 rings (SSSR count). The van der Waals surface area contributed by atoms with Gasteiger partial charge in [-0.2, -0.15) is 44.6 Å². The van der Waals surface area contributed by atoms with Crippen molar-refractivity contribution in [3.8, 4) is 0 Å². The third-order valence-corrected chi connectivity index (χ3v) is 2.18. The number of alkyl halides is 9. The SMILES string of the molecule is FC(F)(F)C1C=NNC1(C(F)(F)F)C(F)(F)F. The lowest BCUT2D eigenvalue weighted by Crippen LogP contribution is -2.69. The molecule has 0 aromatic rings. The summed E-state index contributed by atoms with van der Waals surface area (Å²) < 4.78 is 111. The van der Waals surface area contributed by atoms with Gasteiger partial charge >= 0.3 is 18.5 Å². The maximum absolute atomic E-state index is 12.3. The van der Waals surface area contributed by atoms with Gasteiger partial charge in [-0.25, -0.2) is 0 Å². The van der Waals surface area contributed by atoms with Gasteiger partial charge < -0.3 is 0 Å². The van der Waals surface area contributed by atoms with Crippen LogP contribution in [0.2, 0.25) is 0 Å². The summed E-state index contributed by atoms with van der Waals surface area (Å²) >= 11 is 0. The average Bonchev–Trinajstić information content (AvgIpc) is 2.42. The van der Waals surface area contributed by atoms with Crippen LogP contribution >= 0.6 is 0 Å². The van der Waals surface area contributed by atoms with Crippen molar-refractivity contribution in [3.63, 3.8) is 0 Å². The van der Waals surface area contributed by atoms with Crippen LogP contribution in [0.15, 0.2) is 5.10 Å². The Bertz CT molecular complexity index is 308. The third-order valence-electron chi connectivity index (χ3n) is 2.18. The fourth-order valence-electron chi connectivity index (χ4n) is 1.37. The van der Waals surface area contributed by atoms with Crippen LogP contribution in [0.3, 0.4) is 0 Å². The molecule has 0 saturated heterocycles. The van der Waals surface area contributed by atoms with Crippen LogP contribution < -0.4 is 5.43 Å². The van der Waals surface area contributed by atoms with E-state index < -0.39 is 36.2 Å². The number of hydrogen-bond acceptors (Lipinski definition) is 2.